The molecule has 0 aromatic heterocycles. The van der Waals surface area contributed by atoms with Crippen LogP contribution in [0.3, 0.4) is 0 Å². The molecule has 5 nitrogen and oxygen atoms in total. The highest BCUT2D eigenvalue weighted by atomic mass is 16.5. The summed E-state index contributed by atoms with van der Waals surface area (Å²) in [6, 6.07) is 12.4. The molecule has 0 amide bonds. The van der Waals surface area contributed by atoms with Crippen molar-refractivity contribution >= 4 is 23.3 Å². The summed E-state index contributed by atoms with van der Waals surface area (Å²) < 4.78 is 11.3. The Bertz CT molecular complexity index is 792. The SMILES string of the molecule is CCN(CC)c1ccc(N=Cc2cc(OC)c(N3CCCC3)cc2OC)cc1. The molecule has 0 unspecified atom stereocenters. The quantitative estimate of drug-likeness (QED) is 0.610. The number of methoxy groups -OCH3 is 2. The zero-order chi connectivity index (χ0) is 19.9. The van der Waals surface area contributed by atoms with E-state index >= 15 is 0 Å². The molecule has 0 radical (unpaired) electrons. The number of rotatable bonds is 8. The van der Waals surface area contributed by atoms with Gasteiger partial charge in [-0.25, -0.2) is 0 Å². The first-order chi connectivity index (χ1) is 13.7. The molecule has 1 aliphatic rings. The van der Waals surface area contributed by atoms with Crippen LogP contribution < -0.4 is 19.3 Å². The predicted molar refractivity (Wildman–Crippen MR) is 118 cm³/mol. The molecule has 2 aromatic carbocycles. The molecule has 0 bridgehead atoms. The van der Waals surface area contributed by atoms with E-state index < -0.39 is 0 Å². The molecule has 3 rings (SSSR count). The van der Waals surface area contributed by atoms with Gasteiger partial charge in [-0.2, -0.15) is 0 Å². The normalized spacial score (nSPS) is 13.9. The Hall–Kier alpha value is -2.69. The summed E-state index contributed by atoms with van der Waals surface area (Å²) in [4.78, 5) is 9.32. The largest absolute Gasteiger partial charge is 0.496 e. The van der Waals surface area contributed by atoms with Gasteiger partial charge in [0.05, 0.1) is 25.6 Å². The summed E-state index contributed by atoms with van der Waals surface area (Å²) in [7, 11) is 3.42. The van der Waals surface area contributed by atoms with E-state index in [0.717, 1.165) is 54.6 Å². The number of hydrogen-bond donors (Lipinski definition) is 0. The van der Waals surface area contributed by atoms with Gasteiger partial charge >= 0.3 is 0 Å². The first-order valence-corrected chi connectivity index (χ1v) is 10.1. The van der Waals surface area contributed by atoms with E-state index in [4.69, 9.17) is 9.47 Å². The minimum absolute atomic E-state index is 0.811. The number of nitrogens with zero attached hydrogens (tertiary/aromatic N) is 3. The van der Waals surface area contributed by atoms with Gasteiger partial charge in [-0.15, -0.1) is 0 Å². The molecule has 150 valence electrons. The second-order valence-electron chi connectivity index (χ2n) is 6.91. The third-order valence-electron chi connectivity index (χ3n) is 5.31. The van der Waals surface area contributed by atoms with Crippen molar-refractivity contribution in [2.24, 2.45) is 4.99 Å². The van der Waals surface area contributed by atoms with Crippen molar-refractivity contribution in [3.63, 3.8) is 0 Å². The lowest BCUT2D eigenvalue weighted by molar-refractivity contribution is 0.402. The summed E-state index contributed by atoms with van der Waals surface area (Å²) in [6.07, 6.45) is 4.29. The van der Waals surface area contributed by atoms with E-state index in [1.165, 1.54) is 18.5 Å². The molecule has 0 spiro atoms. The Balaban J connectivity index is 1.84. The Morgan fingerprint density at radius 1 is 0.964 bits per heavy atom. The molecule has 5 heteroatoms. The average Bonchev–Trinajstić information content (AvgIpc) is 3.28. The Kier molecular flexibility index (Phi) is 6.80. The monoisotopic (exact) mass is 381 g/mol. The maximum atomic E-state index is 5.65. The fourth-order valence-electron chi connectivity index (χ4n) is 3.69. The highest BCUT2D eigenvalue weighted by Crippen LogP contribution is 2.36. The minimum atomic E-state index is 0.811. The van der Waals surface area contributed by atoms with E-state index in [9.17, 15) is 0 Å². The summed E-state index contributed by atoms with van der Waals surface area (Å²) in [5, 5.41) is 0. The first kappa shape index (κ1) is 20.1. The Morgan fingerprint density at radius 3 is 2.18 bits per heavy atom. The van der Waals surface area contributed by atoms with E-state index in [2.05, 4.69) is 46.8 Å². The van der Waals surface area contributed by atoms with Crippen molar-refractivity contribution in [2.45, 2.75) is 26.7 Å². The molecule has 1 aliphatic heterocycles. The molecule has 2 aromatic rings. The molecule has 1 fully saturated rings. The fraction of sp³-hybridized carbons (Fsp3) is 0.435. The Labute approximate surface area is 168 Å². The first-order valence-electron chi connectivity index (χ1n) is 10.1. The van der Waals surface area contributed by atoms with E-state index in [1.54, 1.807) is 14.2 Å². The Morgan fingerprint density at radius 2 is 1.61 bits per heavy atom. The lowest BCUT2D eigenvalue weighted by atomic mass is 10.1. The summed E-state index contributed by atoms with van der Waals surface area (Å²) in [5.41, 5.74) is 4.14. The van der Waals surface area contributed by atoms with Gasteiger partial charge in [0.2, 0.25) is 0 Å². The molecule has 0 aliphatic carbocycles. The van der Waals surface area contributed by atoms with Crippen LogP contribution in [-0.2, 0) is 0 Å². The van der Waals surface area contributed by atoms with Crippen LogP contribution in [-0.4, -0.2) is 46.6 Å². The molecular formula is C23H31N3O2. The molecule has 0 atom stereocenters. The van der Waals surface area contributed by atoms with E-state index in [1.807, 2.05) is 24.4 Å². The van der Waals surface area contributed by atoms with Crippen molar-refractivity contribution in [2.75, 3.05) is 50.2 Å². The third-order valence-corrected chi connectivity index (χ3v) is 5.31. The number of benzene rings is 2. The van der Waals surface area contributed by atoms with Crippen molar-refractivity contribution in [3.8, 4) is 11.5 Å². The highest BCUT2D eigenvalue weighted by molar-refractivity contribution is 5.88. The van der Waals surface area contributed by atoms with Crippen LogP contribution in [0.4, 0.5) is 17.1 Å². The second kappa shape index (κ2) is 9.49. The van der Waals surface area contributed by atoms with Crippen molar-refractivity contribution < 1.29 is 9.47 Å². The van der Waals surface area contributed by atoms with Gasteiger partial charge in [-0.05, 0) is 57.0 Å². The fourth-order valence-corrected chi connectivity index (χ4v) is 3.69. The molecule has 1 heterocycles. The standard InChI is InChI=1S/C23H31N3O2/c1-5-25(6-2)20-11-9-19(10-12-20)24-17-18-15-23(28-4)21(16-22(18)27-3)26-13-7-8-14-26/h9-12,15-17H,5-8,13-14H2,1-4H3. The molecule has 0 saturated carbocycles. The van der Waals surface area contributed by atoms with E-state index in [-0.39, 0.29) is 0 Å². The smallest absolute Gasteiger partial charge is 0.143 e. The lowest BCUT2D eigenvalue weighted by Crippen LogP contribution is -2.21. The van der Waals surface area contributed by atoms with Gasteiger partial charge in [0.1, 0.15) is 11.5 Å². The zero-order valence-corrected chi connectivity index (χ0v) is 17.4. The zero-order valence-electron chi connectivity index (χ0n) is 17.4. The highest BCUT2D eigenvalue weighted by Gasteiger charge is 2.19. The second-order valence-corrected chi connectivity index (χ2v) is 6.91. The number of hydrogen-bond acceptors (Lipinski definition) is 5. The van der Waals surface area contributed by atoms with Gasteiger partial charge in [0.15, 0.2) is 0 Å². The predicted octanol–water partition coefficient (Wildman–Crippen LogP) is 4.90. The molecule has 28 heavy (non-hydrogen) atoms. The van der Waals surface area contributed by atoms with Crippen LogP contribution in [0.15, 0.2) is 41.4 Å². The van der Waals surface area contributed by atoms with Crippen LogP contribution in [0.5, 0.6) is 11.5 Å². The van der Waals surface area contributed by atoms with E-state index in [0.29, 0.717) is 0 Å². The topological polar surface area (TPSA) is 37.3 Å². The lowest BCUT2D eigenvalue weighted by Gasteiger charge is -2.22. The summed E-state index contributed by atoms with van der Waals surface area (Å²) >= 11 is 0. The van der Waals surface area contributed by atoms with Crippen molar-refractivity contribution in [3.05, 3.63) is 42.0 Å². The minimum Gasteiger partial charge on any atom is -0.496 e. The number of anilines is 2. The maximum Gasteiger partial charge on any atom is 0.143 e. The maximum absolute atomic E-state index is 5.65. The van der Waals surface area contributed by atoms with Crippen LogP contribution in [0.25, 0.3) is 0 Å². The van der Waals surface area contributed by atoms with Crippen LogP contribution in [0, 0.1) is 0 Å². The summed E-state index contributed by atoms with van der Waals surface area (Å²) in [6.45, 7) is 8.46. The van der Waals surface area contributed by atoms with Gasteiger partial charge < -0.3 is 19.3 Å². The third kappa shape index (κ3) is 4.41. The number of aliphatic imine (C=N–C) groups is 1. The van der Waals surface area contributed by atoms with Crippen LogP contribution in [0.2, 0.25) is 0 Å². The van der Waals surface area contributed by atoms with Crippen molar-refractivity contribution in [1.29, 1.82) is 0 Å². The van der Waals surface area contributed by atoms with Gasteiger partial charge in [0.25, 0.3) is 0 Å². The summed E-state index contributed by atoms with van der Waals surface area (Å²) in [5.74, 6) is 1.67. The van der Waals surface area contributed by atoms with Crippen LogP contribution >= 0.6 is 0 Å². The van der Waals surface area contributed by atoms with Crippen molar-refractivity contribution in [1.82, 2.24) is 0 Å². The average molecular weight is 382 g/mol. The van der Waals surface area contributed by atoms with Gasteiger partial charge in [-0.3, -0.25) is 4.99 Å². The number of ether oxygens (including phenoxy) is 2. The van der Waals surface area contributed by atoms with Gasteiger partial charge in [0, 0.05) is 49.7 Å². The van der Waals surface area contributed by atoms with Gasteiger partial charge in [-0.1, -0.05) is 0 Å². The molecular weight excluding hydrogens is 350 g/mol. The molecule has 0 N–H and O–H groups in total. The van der Waals surface area contributed by atoms with Crippen LogP contribution in [0.1, 0.15) is 32.3 Å². The molecule has 1 saturated heterocycles.